The Kier molecular flexibility index (Phi) is 63.7. The van der Waals surface area contributed by atoms with E-state index in [0.29, 0.717) is 25.7 Å². The van der Waals surface area contributed by atoms with Gasteiger partial charge in [0.2, 0.25) is 0 Å². The molecule has 0 amide bonds. The number of phosphoric ester groups is 2. The van der Waals surface area contributed by atoms with E-state index >= 15 is 0 Å². The molecule has 0 fully saturated rings. The van der Waals surface area contributed by atoms with Gasteiger partial charge < -0.3 is 33.8 Å². The Morgan fingerprint density at radius 3 is 0.826 bits per heavy atom. The molecule has 92 heavy (non-hydrogen) atoms. The minimum absolute atomic E-state index is 0.104. The van der Waals surface area contributed by atoms with Gasteiger partial charge in [0, 0.05) is 25.7 Å². The van der Waals surface area contributed by atoms with E-state index in [2.05, 4.69) is 41.5 Å². The van der Waals surface area contributed by atoms with Crippen molar-refractivity contribution in [1.29, 1.82) is 0 Å². The zero-order valence-corrected chi connectivity index (χ0v) is 61.6. The van der Waals surface area contributed by atoms with Gasteiger partial charge >= 0.3 is 39.5 Å². The lowest BCUT2D eigenvalue weighted by molar-refractivity contribution is -0.161. The first-order chi connectivity index (χ1) is 44.4. The average Bonchev–Trinajstić information content (AvgIpc) is 1.54. The summed E-state index contributed by atoms with van der Waals surface area (Å²) in [6, 6.07) is 0. The molecular weight excluding hydrogens is 1210 g/mol. The number of esters is 4. The maximum atomic E-state index is 13.1. The van der Waals surface area contributed by atoms with Gasteiger partial charge in [0.15, 0.2) is 12.2 Å². The van der Waals surface area contributed by atoms with Crippen molar-refractivity contribution in [2.75, 3.05) is 39.6 Å². The van der Waals surface area contributed by atoms with Crippen LogP contribution in [0.5, 0.6) is 0 Å². The van der Waals surface area contributed by atoms with Gasteiger partial charge in [0.05, 0.1) is 26.4 Å². The van der Waals surface area contributed by atoms with Gasteiger partial charge in [0.25, 0.3) is 0 Å². The fourth-order valence-corrected chi connectivity index (χ4v) is 12.7. The molecule has 17 nitrogen and oxygen atoms in total. The summed E-state index contributed by atoms with van der Waals surface area (Å²) in [5, 5.41) is 10.6. The van der Waals surface area contributed by atoms with Crippen molar-refractivity contribution in [3.8, 4) is 0 Å². The molecule has 0 aromatic heterocycles. The highest BCUT2D eigenvalue weighted by atomic mass is 31.2. The van der Waals surface area contributed by atoms with Crippen LogP contribution in [0, 0.1) is 11.8 Å². The molecule has 3 unspecified atom stereocenters. The van der Waals surface area contributed by atoms with Crippen LogP contribution >= 0.6 is 15.6 Å². The minimum Gasteiger partial charge on any atom is -0.462 e. The van der Waals surface area contributed by atoms with Crippen LogP contribution in [0.2, 0.25) is 0 Å². The molecule has 0 heterocycles. The molecule has 0 aliphatic rings. The van der Waals surface area contributed by atoms with Crippen LogP contribution in [0.25, 0.3) is 0 Å². The van der Waals surface area contributed by atoms with Crippen molar-refractivity contribution < 1.29 is 80.2 Å². The van der Waals surface area contributed by atoms with E-state index in [1.54, 1.807) is 0 Å². The van der Waals surface area contributed by atoms with Crippen LogP contribution in [0.3, 0.4) is 0 Å². The first kappa shape index (κ1) is 90.1. The summed E-state index contributed by atoms with van der Waals surface area (Å²) in [7, 11) is -9.90. The topological polar surface area (TPSA) is 237 Å². The molecule has 3 N–H and O–H groups in total. The number of hydrogen-bond donors (Lipinski definition) is 3. The summed E-state index contributed by atoms with van der Waals surface area (Å²) < 4.78 is 68.3. The fraction of sp³-hybridized carbons (Fsp3) is 0.945. The molecule has 0 saturated carbocycles. The van der Waals surface area contributed by atoms with E-state index < -0.39 is 97.5 Å². The predicted octanol–water partition coefficient (Wildman–Crippen LogP) is 21.2. The summed E-state index contributed by atoms with van der Waals surface area (Å²) in [4.78, 5) is 72.6. The number of carbonyl (C=O) groups excluding carboxylic acids is 4. The second kappa shape index (κ2) is 65.0. The Bertz CT molecular complexity index is 1790. The Labute approximate surface area is 562 Å². The van der Waals surface area contributed by atoms with Gasteiger partial charge in [-0.15, -0.1) is 0 Å². The lowest BCUT2D eigenvalue weighted by atomic mass is 9.99. The molecule has 0 aromatic carbocycles. The van der Waals surface area contributed by atoms with Crippen LogP contribution in [0.1, 0.15) is 375 Å². The number of aliphatic hydroxyl groups is 1. The highest BCUT2D eigenvalue weighted by molar-refractivity contribution is 7.47. The molecule has 0 aliphatic carbocycles. The summed E-state index contributed by atoms with van der Waals surface area (Å²) in [5.74, 6) is -0.558. The minimum atomic E-state index is -4.95. The zero-order valence-electron chi connectivity index (χ0n) is 59.9. The van der Waals surface area contributed by atoms with E-state index in [1.807, 2.05) is 0 Å². The second-order valence-electron chi connectivity index (χ2n) is 27.1. The van der Waals surface area contributed by atoms with E-state index in [4.69, 9.17) is 37.0 Å². The van der Waals surface area contributed by atoms with Crippen molar-refractivity contribution in [2.45, 2.75) is 394 Å². The lowest BCUT2D eigenvalue weighted by Gasteiger charge is -2.21. The van der Waals surface area contributed by atoms with Crippen LogP contribution in [0.15, 0.2) is 0 Å². The van der Waals surface area contributed by atoms with Gasteiger partial charge in [-0.1, -0.05) is 324 Å². The summed E-state index contributed by atoms with van der Waals surface area (Å²) in [6.07, 6.45) is 51.3. The Morgan fingerprint density at radius 2 is 0.554 bits per heavy atom. The van der Waals surface area contributed by atoms with Crippen LogP contribution in [-0.4, -0.2) is 96.7 Å². The van der Waals surface area contributed by atoms with Crippen molar-refractivity contribution in [3.63, 3.8) is 0 Å². The SMILES string of the molecule is CCCCCCCCCCCCCCCCCC(=O)OC[C@H](COP(=O)(O)OC[C@@H](O)COP(=O)(O)OC[C@@H](COC(=O)CCCCCCCCCC)OC(=O)CCCCCCCCCCC(C)C)OC(=O)CCCCCCCCCCCCCCCCC(C)CC. The molecular formula is C73H142O17P2. The van der Waals surface area contributed by atoms with Crippen molar-refractivity contribution in [3.05, 3.63) is 0 Å². The number of ether oxygens (including phenoxy) is 4. The van der Waals surface area contributed by atoms with Crippen molar-refractivity contribution in [1.82, 2.24) is 0 Å². The predicted molar refractivity (Wildman–Crippen MR) is 372 cm³/mol. The number of phosphoric acid groups is 2. The fourth-order valence-electron chi connectivity index (χ4n) is 11.1. The molecule has 0 saturated heterocycles. The molecule has 19 heteroatoms. The highest BCUT2D eigenvalue weighted by Crippen LogP contribution is 2.45. The number of unbranched alkanes of at least 4 members (excludes halogenated alkanes) is 41. The highest BCUT2D eigenvalue weighted by Gasteiger charge is 2.30. The number of hydrogen-bond acceptors (Lipinski definition) is 15. The molecule has 0 aromatic rings. The third-order valence-corrected chi connectivity index (χ3v) is 19.2. The number of aliphatic hydroxyl groups excluding tert-OH is 1. The van der Waals surface area contributed by atoms with Crippen LogP contribution < -0.4 is 0 Å². The molecule has 6 atom stereocenters. The van der Waals surface area contributed by atoms with Crippen LogP contribution in [0.4, 0.5) is 0 Å². The maximum absolute atomic E-state index is 13.1. The molecule has 0 spiro atoms. The molecule has 0 aliphatic heterocycles. The summed E-state index contributed by atoms with van der Waals surface area (Å²) in [5.41, 5.74) is 0. The van der Waals surface area contributed by atoms with E-state index in [1.165, 1.54) is 186 Å². The quantitative estimate of drug-likeness (QED) is 0.0222. The van der Waals surface area contributed by atoms with Gasteiger partial charge in [-0.25, -0.2) is 9.13 Å². The maximum Gasteiger partial charge on any atom is 0.472 e. The first-order valence-corrected chi connectivity index (χ1v) is 41.0. The van der Waals surface area contributed by atoms with Crippen molar-refractivity contribution in [2.24, 2.45) is 11.8 Å². The third-order valence-electron chi connectivity index (χ3n) is 17.3. The largest absolute Gasteiger partial charge is 0.472 e. The first-order valence-electron chi connectivity index (χ1n) is 38.0. The van der Waals surface area contributed by atoms with E-state index in [0.717, 1.165) is 108 Å². The van der Waals surface area contributed by atoms with E-state index in [9.17, 15) is 43.2 Å². The van der Waals surface area contributed by atoms with Gasteiger partial charge in [-0.3, -0.25) is 37.3 Å². The smallest absolute Gasteiger partial charge is 0.462 e. The molecule has 546 valence electrons. The van der Waals surface area contributed by atoms with Crippen molar-refractivity contribution >= 4 is 39.5 Å². The second-order valence-corrected chi connectivity index (χ2v) is 30.0. The lowest BCUT2D eigenvalue weighted by Crippen LogP contribution is -2.30. The average molecular weight is 1350 g/mol. The Hall–Kier alpha value is -1.94. The molecule has 0 rings (SSSR count). The Morgan fingerprint density at radius 1 is 0.315 bits per heavy atom. The third kappa shape index (κ3) is 65.4. The monoisotopic (exact) mass is 1350 g/mol. The van der Waals surface area contributed by atoms with Gasteiger partial charge in [-0.05, 0) is 37.5 Å². The Balaban J connectivity index is 5.21. The standard InChI is InChI=1S/C73H142O17P2/c1-7-10-12-14-16-18-19-20-21-25-28-31-38-44-50-56-71(76)84-62-69(89-72(77)57-51-45-39-32-29-26-23-22-24-27-30-36-42-48-54-66(6)9-3)64-88-92(81,82)86-60-67(74)59-85-91(79,80)87-63-68(61-83-70(75)55-49-43-37-17-15-13-11-8-2)90-73(78)58-52-46-40-34-33-35-41-47-53-65(4)5/h65-69,74H,7-64H2,1-6H3,(H,79,80)(H,81,82)/t66?,67-,68+,69+/m0/s1. The van der Waals surface area contributed by atoms with Gasteiger partial charge in [0.1, 0.15) is 19.3 Å². The normalized spacial score (nSPS) is 14.4. The van der Waals surface area contributed by atoms with E-state index in [-0.39, 0.29) is 25.7 Å². The van der Waals surface area contributed by atoms with Gasteiger partial charge in [-0.2, -0.15) is 0 Å². The number of rotatable bonds is 72. The van der Waals surface area contributed by atoms with Crippen LogP contribution in [-0.2, 0) is 65.4 Å². The summed E-state index contributed by atoms with van der Waals surface area (Å²) in [6.45, 7) is 9.56. The molecule has 0 bridgehead atoms. The number of carbonyl (C=O) groups is 4. The molecule has 0 radical (unpaired) electrons. The summed E-state index contributed by atoms with van der Waals surface area (Å²) >= 11 is 0. The zero-order chi connectivity index (χ0) is 67.9.